The molecule has 0 atom stereocenters. The summed E-state index contributed by atoms with van der Waals surface area (Å²) in [5, 5.41) is 0. The molecule has 0 saturated carbocycles. The van der Waals surface area contributed by atoms with Gasteiger partial charge in [0, 0.05) is 0 Å². The monoisotopic (exact) mass is 90.1 g/mol. The van der Waals surface area contributed by atoms with Gasteiger partial charge in [0.2, 0.25) is 0 Å². The maximum absolute atomic E-state index is 2.34. The molecule has 0 N–H and O–H groups in total. The van der Waals surface area contributed by atoms with Gasteiger partial charge in [0.1, 0.15) is 0 Å². The van der Waals surface area contributed by atoms with Gasteiger partial charge in [-0.05, 0) is 0 Å². The van der Waals surface area contributed by atoms with E-state index in [-0.39, 0.29) is 0 Å². The van der Waals surface area contributed by atoms with Crippen LogP contribution in [-0.4, -0.2) is 16.2 Å². The van der Waals surface area contributed by atoms with E-state index in [1.165, 1.54) is 0 Å². The standard InChI is InChI=1S/3C2H5.Ga/c3*1-2;/h3*1H2,2H3;/i;;;1-67. The van der Waals surface area contributed by atoms with Crippen LogP contribution in [-0.2, 0) is 0 Å². The third-order valence-electron chi connectivity index (χ3n) is 1.73. The molecule has 7 heavy (non-hydrogen) atoms. The van der Waals surface area contributed by atoms with Crippen LogP contribution in [0.3, 0.4) is 0 Å². The molecule has 0 nitrogen and oxygen atoms in total. The summed E-state index contributed by atoms with van der Waals surface area (Å²) in [6.45, 7) is 7.03. The van der Waals surface area contributed by atoms with Crippen LogP contribution in [0.5, 0.6) is 0 Å². The van der Waals surface area contributed by atoms with E-state index in [9.17, 15) is 0 Å². The first-order chi connectivity index (χ1) is 3.35. The van der Waals surface area contributed by atoms with E-state index in [2.05, 4.69) is 20.8 Å². The molecule has 0 aromatic rings. The van der Waals surface area contributed by atoms with Crippen molar-refractivity contribution < 1.29 is 0 Å². The molecule has 0 aromatic heterocycles. The molecule has 0 spiro atoms. The first-order valence-electron chi connectivity index (χ1n) is 3.35. The number of rotatable bonds is 3. The molecule has 0 fully saturated rings. The van der Waals surface area contributed by atoms with Crippen molar-refractivity contribution >= 4 is 16.2 Å². The van der Waals surface area contributed by atoms with Crippen LogP contribution in [0.15, 0.2) is 0 Å². The second-order valence-electron chi connectivity index (χ2n) is 2.09. The first-order valence-corrected chi connectivity index (χ1v) is 8.49. The summed E-state index contributed by atoms with van der Waals surface area (Å²) in [5.41, 5.74) is 0. The van der Waals surface area contributed by atoms with Crippen molar-refractivity contribution in [3.8, 4) is 0 Å². The van der Waals surface area contributed by atoms with Gasteiger partial charge in [-0.25, -0.2) is 0 Å². The van der Waals surface area contributed by atoms with Crippen LogP contribution in [0.4, 0.5) is 0 Å². The van der Waals surface area contributed by atoms with Crippen LogP contribution in [0, 0.1) is 0 Å². The van der Waals surface area contributed by atoms with Gasteiger partial charge in [0.25, 0.3) is 0 Å². The van der Waals surface area contributed by atoms with Crippen molar-refractivity contribution in [2.75, 3.05) is 0 Å². The minimum atomic E-state index is -0.576. The summed E-state index contributed by atoms with van der Waals surface area (Å²) < 4.78 is 0. The molecule has 0 aliphatic rings. The van der Waals surface area contributed by atoms with E-state index < -0.39 is 16.2 Å². The molecule has 0 unspecified atom stereocenters. The molecule has 0 saturated heterocycles. The molecule has 0 amide bonds. The van der Waals surface area contributed by atoms with Crippen LogP contribution in [0.1, 0.15) is 20.8 Å². The molecule has 0 aliphatic carbocycles. The average molecular weight is 90.2 g/mol. The van der Waals surface area contributed by atoms with Crippen LogP contribution < -0.4 is 0 Å². The van der Waals surface area contributed by atoms with Gasteiger partial charge < -0.3 is 0 Å². The van der Waals surface area contributed by atoms with Crippen molar-refractivity contribution in [2.45, 2.75) is 35.7 Å². The van der Waals surface area contributed by atoms with E-state index in [1.54, 1.807) is 14.9 Å². The Kier molecular flexibility index (Phi) is 5.22. The Morgan fingerprint density at radius 2 is 1.14 bits per heavy atom. The van der Waals surface area contributed by atoms with E-state index in [1.807, 2.05) is 0 Å². The predicted molar refractivity (Wildman–Crippen MR) is 37.2 cm³/mol. The Labute approximate surface area is 52.3 Å². The molecule has 1 heteroatoms. The summed E-state index contributed by atoms with van der Waals surface area (Å²) in [6.07, 6.45) is 0. The van der Waals surface area contributed by atoms with Crippen molar-refractivity contribution in [3.63, 3.8) is 0 Å². The summed E-state index contributed by atoms with van der Waals surface area (Å²) in [6, 6.07) is 0. The number of hydrogen-bond donors (Lipinski definition) is 0. The van der Waals surface area contributed by atoms with Crippen molar-refractivity contribution in [3.05, 3.63) is 0 Å². The molecule has 0 heterocycles. The van der Waals surface area contributed by atoms with Crippen molar-refractivity contribution in [1.82, 2.24) is 0 Å². The number of hydrogen-bond acceptors (Lipinski definition) is 0. The van der Waals surface area contributed by atoms with Crippen LogP contribution >= 0.6 is 0 Å². The van der Waals surface area contributed by atoms with Crippen molar-refractivity contribution in [2.24, 2.45) is 0 Å². The van der Waals surface area contributed by atoms with Gasteiger partial charge in [-0.1, -0.05) is 0 Å². The Hall–Kier alpha value is 0.636. The van der Waals surface area contributed by atoms with Crippen LogP contribution in [0.25, 0.3) is 0 Å². The summed E-state index contributed by atoms with van der Waals surface area (Å²) in [4.78, 5) is 4.62. The van der Waals surface area contributed by atoms with Gasteiger partial charge in [-0.3, -0.25) is 0 Å². The van der Waals surface area contributed by atoms with Gasteiger partial charge in [-0.2, -0.15) is 0 Å². The van der Waals surface area contributed by atoms with Gasteiger partial charge in [0.05, 0.1) is 0 Å². The molecule has 0 aromatic carbocycles. The zero-order valence-corrected chi connectivity index (χ0v) is 8.12. The molecular weight excluding hydrogens is 75.1 g/mol. The Balaban J connectivity index is 2.99. The minimum absolute atomic E-state index is 0.576. The van der Waals surface area contributed by atoms with Gasteiger partial charge >= 0.3 is 51.9 Å². The molecule has 0 rings (SSSR count). The molecule has 42 valence electrons. The molecular formula is C6H15Ga. The van der Waals surface area contributed by atoms with E-state index in [0.29, 0.717) is 0 Å². The van der Waals surface area contributed by atoms with Gasteiger partial charge in [-0.15, -0.1) is 0 Å². The SMILES string of the molecule is C[CH2][3Ga]([CH2]C)[CH2]C. The average Bonchev–Trinajstić information content (AvgIpc) is 1.72. The van der Waals surface area contributed by atoms with E-state index in [4.69, 9.17) is 0 Å². The fourth-order valence-electron chi connectivity index (χ4n) is 0.866. The third kappa shape index (κ3) is 3.24. The molecule has 0 radical (unpaired) electrons. The fourth-order valence-corrected chi connectivity index (χ4v) is 4.50. The molecule has 0 bridgehead atoms. The Morgan fingerprint density at radius 3 is 1.14 bits per heavy atom. The van der Waals surface area contributed by atoms with Gasteiger partial charge in [0.15, 0.2) is 0 Å². The summed E-state index contributed by atoms with van der Waals surface area (Å²) >= 11 is -0.576. The summed E-state index contributed by atoms with van der Waals surface area (Å²) in [7, 11) is 0. The Bertz CT molecular complexity index is 25.7. The second-order valence-corrected chi connectivity index (χ2v) is 10.9. The summed E-state index contributed by atoms with van der Waals surface area (Å²) in [5.74, 6) is 0. The predicted octanol–water partition coefficient (Wildman–Crippen LogP) is 2.54. The topological polar surface area (TPSA) is 0 Å². The van der Waals surface area contributed by atoms with E-state index in [0.717, 1.165) is 0 Å². The molecule has 0 aliphatic heterocycles. The Morgan fingerprint density at radius 1 is 0.857 bits per heavy atom. The van der Waals surface area contributed by atoms with Crippen molar-refractivity contribution in [1.29, 1.82) is 0 Å². The third-order valence-corrected chi connectivity index (χ3v) is 9.00. The van der Waals surface area contributed by atoms with E-state index >= 15 is 0 Å². The fraction of sp³-hybridized carbons (Fsp3) is 1.00. The zero-order chi connectivity index (χ0) is 5.70. The quantitative estimate of drug-likeness (QED) is 0.467. The zero-order valence-electron chi connectivity index (χ0n) is 5.70. The first kappa shape index (κ1) is 7.64. The maximum atomic E-state index is 2.34. The van der Waals surface area contributed by atoms with Crippen LogP contribution in [0.2, 0.25) is 14.9 Å². The normalized spacial score (nSPS) is 9.00. The second kappa shape index (κ2) is 4.79.